The van der Waals surface area contributed by atoms with Crippen molar-refractivity contribution < 1.29 is 9.90 Å². The molecule has 0 spiro atoms. The van der Waals surface area contributed by atoms with Gasteiger partial charge in [-0.05, 0) is 17.7 Å². The van der Waals surface area contributed by atoms with Gasteiger partial charge in [0, 0.05) is 19.0 Å². The van der Waals surface area contributed by atoms with E-state index < -0.39 is 5.97 Å². The molecule has 0 aliphatic carbocycles. The van der Waals surface area contributed by atoms with Crippen LogP contribution in [-0.2, 0) is 0 Å². The molecule has 1 aromatic carbocycles. The van der Waals surface area contributed by atoms with Gasteiger partial charge < -0.3 is 10.4 Å². The van der Waals surface area contributed by atoms with E-state index >= 15 is 0 Å². The third-order valence-corrected chi connectivity index (χ3v) is 2.79. The molecule has 0 aromatic heterocycles. The van der Waals surface area contributed by atoms with Crippen LogP contribution in [-0.4, -0.2) is 24.2 Å². The van der Waals surface area contributed by atoms with E-state index in [-0.39, 0.29) is 5.56 Å². The lowest BCUT2D eigenvalue weighted by atomic mass is 9.93. The molecular weight excluding hydrogens is 202 g/mol. The predicted molar refractivity (Wildman–Crippen MR) is 54.0 cm³/mol. The highest BCUT2D eigenvalue weighted by molar-refractivity contribution is 6.33. The van der Waals surface area contributed by atoms with Gasteiger partial charge in [0.05, 0.1) is 10.6 Å². The van der Waals surface area contributed by atoms with Gasteiger partial charge in [0.1, 0.15) is 0 Å². The van der Waals surface area contributed by atoms with Gasteiger partial charge >= 0.3 is 5.97 Å². The van der Waals surface area contributed by atoms with Crippen LogP contribution in [0, 0.1) is 0 Å². The maximum atomic E-state index is 10.7. The second-order valence-electron chi connectivity index (χ2n) is 3.40. The molecule has 2 N–H and O–H groups in total. The monoisotopic (exact) mass is 211 g/mol. The van der Waals surface area contributed by atoms with E-state index in [1.807, 2.05) is 6.07 Å². The molecular formula is C10H10ClNO2. The number of carboxylic acids is 1. The average molecular weight is 212 g/mol. The fourth-order valence-corrected chi connectivity index (χ4v) is 1.75. The molecule has 0 saturated carbocycles. The molecule has 1 aliphatic rings. The molecule has 1 saturated heterocycles. The van der Waals surface area contributed by atoms with Crippen molar-refractivity contribution in [2.45, 2.75) is 5.92 Å². The summed E-state index contributed by atoms with van der Waals surface area (Å²) in [6, 6.07) is 5.15. The molecule has 1 aromatic rings. The Hall–Kier alpha value is -1.06. The lowest BCUT2D eigenvalue weighted by Crippen LogP contribution is -2.39. The minimum Gasteiger partial charge on any atom is -0.478 e. The third kappa shape index (κ3) is 1.61. The van der Waals surface area contributed by atoms with Gasteiger partial charge in [-0.1, -0.05) is 17.7 Å². The first-order valence-electron chi connectivity index (χ1n) is 4.42. The Morgan fingerprint density at radius 1 is 1.50 bits per heavy atom. The lowest BCUT2D eigenvalue weighted by Gasteiger charge is -2.27. The van der Waals surface area contributed by atoms with Crippen molar-refractivity contribution in [1.29, 1.82) is 0 Å². The van der Waals surface area contributed by atoms with Crippen molar-refractivity contribution in [2.75, 3.05) is 13.1 Å². The summed E-state index contributed by atoms with van der Waals surface area (Å²) >= 11 is 5.85. The Bertz CT molecular complexity index is 374. The molecule has 4 heteroatoms. The Morgan fingerprint density at radius 3 is 2.64 bits per heavy atom. The number of aromatic carboxylic acids is 1. The highest BCUT2D eigenvalue weighted by atomic mass is 35.5. The number of halogens is 1. The van der Waals surface area contributed by atoms with Crippen molar-refractivity contribution in [3.63, 3.8) is 0 Å². The van der Waals surface area contributed by atoms with E-state index in [1.165, 1.54) is 0 Å². The maximum Gasteiger partial charge on any atom is 0.337 e. The molecule has 1 aliphatic heterocycles. The van der Waals surface area contributed by atoms with Gasteiger partial charge in [-0.25, -0.2) is 4.79 Å². The van der Waals surface area contributed by atoms with Crippen LogP contribution in [0.25, 0.3) is 0 Å². The van der Waals surface area contributed by atoms with Crippen LogP contribution in [0.15, 0.2) is 18.2 Å². The molecule has 3 nitrogen and oxygen atoms in total. The summed E-state index contributed by atoms with van der Waals surface area (Å²) in [5.74, 6) is -0.497. The predicted octanol–water partition coefficient (Wildman–Crippen LogP) is 1.72. The molecule has 0 bridgehead atoms. The van der Waals surface area contributed by atoms with Crippen LogP contribution >= 0.6 is 11.6 Å². The Kier molecular flexibility index (Phi) is 2.44. The molecule has 2 rings (SSSR count). The van der Waals surface area contributed by atoms with E-state index in [0.717, 1.165) is 18.7 Å². The summed E-state index contributed by atoms with van der Waals surface area (Å²) in [5, 5.41) is 12.2. The zero-order chi connectivity index (χ0) is 10.1. The van der Waals surface area contributed by atoms with Crippen molar-refractivity contribution >= 4 is 17.6 Å². The zero-order valence-corrected chi connectivity index (χ0v) is 8.21. The number of benzene rings is 1. The van der Waals surface area contributed by atoms with Gasteiger partial charge in [-0.15, -0.1) is 0 Å². The highest BCUT2D eigenvalue weighted by Crippen LogP contribution is 2.25. The fraction of sp³-hybridized carbons (Fsp3) is 0.300. The van der Waals surface area contributed by atoms with Gasteiger partial charge in [-0.2, -0.15) is 0 Å². The van der Waals surface area contributed by atoms with E-state index in [9.17, 15) is 4.79 Å². The number of nitrogens with one attached hydrogen (secondary N) is 1. The topological polar surface area (TPSA) is 49.3 Å². The van der Waals surface area contributed by atoms with Crippen LogP contribution in [0.3, 0.4) is 0 Å². The molecule has 0 amide bonds. The first kappa shape index (κ1) is 9.49. The summed E-state index contributed by atoms with van der Waals surface area (Å²) in [4.78, 5) is 10.7. The first-order valence-corrected chi connectivity index (χ1v) is 4.79. The van der Waals surface area contributed by atoms with Gasteiger partial charge in [0.2, 0.25) is 0 Å². The molecule has 14 heavy (non-hydrogen) atoms. The largest absolute Gasteiger partial charge is 0.478 e. The minimum absolute atomic E-state index is 0.169. The summed E-state index contributed by atoms with van der Waals surface area (Å²) in [5.41, 5.74) is 1.28. The molecule has 74 valence electrons. The fourth-order valence-electron chi connectivity index (χ4n) is 1.48. The van der Waals surface area contributed by atoms with Crippen LogP contribution in [0.5, 0.6) is 0 Å². The third-order valence-electron chi connectivity index (χ3n) is 2.48. The highest BCUT2D eigenvalue weighted by Gasteiger charge is 2.20. The van der Waals surface area contributed by atoms with Gasteiger partial charge in [0.25, 0.3) is 0 Å². The summed E-state index contributed by atoms with van der Waals surface area (Å²) in [6.07, 6.45) is 0. The molecule has 0 radical (unpaired) electrons. The molecule has 1 fully saturated rings. The Balaban J connectivity index is 2.30. The number of rotatable bonds is 2. The first-order chi connectivity index (χ1) is 6.68. The second-order valence-corrected chi connectivity index (χ2v) is 3.81. The van der Waals surface area contributed by atoms with Crippen LogP contribution in [0.1, 0.15) is 21.8 Å². The number of carboxylic acid groups (broad SMARTS) is 1. The van der Waals surface area contributed by atoms with Crippen molar-refractivity contribution in [3.05, 3.63) is 34.3 Å². The summed E-state index contributed by atoms with van der Waals surface area (Å²) < 4.78 is 0. The summed E-state index contributed by atoms with van der Waals surface area (Å²) in [7, 11) is 0. The average Bonchev–Trinajstić information content (AvgIpc) is 2.00. The maximum absolute atomic E-state index is 10.7. The number of hydrogen-bond donors (Lipinski definition) is 2. The summed E-state index contributed by atoms with van der Waals surface area (Å²) in [6.45, 7) is 1.89. The molecule has 0 unspecified atom stereocenters. The standard InChI is InChI=1S/C10H10ClNO2/c11-9-3-6(7-4-12-5-7)1-2-8(9)10(13)14/h1-3,7,12H,4-5H2,(H,13,14). The van der Waals surface area contributed by atoms with Gasteiger partial charge in [-0.3, -0.25) is 0 Å². The van der Waals surface area contributed by atoms with E-state index in [2.05, 4.69) is 5.32 Å². The normalized spacial score (nSPS) is 16.4. The Morgan fingerprint density at radius 2 is 2.21 bits per heavy atom. The molecule has 0 atom stereocenters. The smallest absolute Gasteiger partial charge is 0.337 e. The van der Waals surface area contributed by atoms with Gasteiger partial charge in [0.15, 0.2) is 0 Å². The molecule has 1 heterocycles. The van der Waals surface area contributed by atoms with Crippen molar-refractivity contribution in [3.8, 4) is 0 Å². The second kappa shape index (κ2) is 3.59. The van der Waals surface area contributed by atoms with Crippen molar-refractivity contribution in [1.82, 2.24) is 5.32 Å². The van der Waals surface area contributed by atoms with E-state index in [4.69, 9.17) is 16.7 Å². The van der Waals surface area contributed by atoms with Crippen LogP contribution < -0.4 is 5.32 Å². The van der Waals surface area contributed by atoms with Crippen molar-refractivity contribution in [2.24, 2.45) is 0 Å². The van der Waals surface area contributed by atoms with E-state index in [1.54, 1.807) is 12.1 Å². The van der Waals surface area contributed by atoms with Crippen LogP contribution in [0.4, 0.5) is 0 Å². The van der Waals surface area contributed by atoms with E-state index in [0.29, 0.717) is 10.9 Å². The van der Waals surface area contributed by atoms with Crippen LogP contribution in [0.2, 0.25) is 5.02 Å². The minimum atomic E-state index is -0.978. The number of carbonyl (C=O) groups is 1. The SMILES string of the molecule is O=C(O)c1ccc(C2CNC2)cc1Cl. The quantitative estimate of drug-likeness (QED) is 0.783. The lowest BCUT2D eigenvalue weighted by molar-refractivity contribution is 0.0697. The Labute approximate surface area is 86.7 Å². The number of hydrogen-bond acceptors (Lipinski definition) is 2. The zero-order valence-electron chi connectivity index (χ0n) is 7.46.